The Bertz CT molecular complexity index is 506. The number of rotatable bonds is 3. The van der Waals surface area contributed by atoms with Crippen molar-refractivity contribution in [1.29, 1.82) is 0 Å². The second-order valence-electron chi connectivity index (χ2n) is 4.52. The Morgan fingerprint density at radius 2 is 2.00 bits per heavy atom. The first-order valence-corrected chi connectivity index (χ1v) is 6.01. The average Bonchev–Trinajstić information content (AvgIpc) is 2.58. The first-order valence-electron chi connectivity index (χ1n) is 6.01. The van der Waals surface area contributed by atoms with Crippen LogP contribution in [0.15, 0.2) is 24.4 Å². The lowest BCUT2D eigenvalue weighted by Gasteiger charge is -2.03. The van der Waals surface area contributed by atoms with Crippen LogP contribution in [0, 0.1) is 13.8 Å². The van der Waals surface area contributed by atoms with E-state index < -0.39 is 0 Å². The highest BCUT2D eigenvalue weighted by molar-refractivity contribution is 5.69. The predicted molar refractivity (Wildman–Crippen MR) is 71.8 cm³/mol. The molecule has 1 heterocycles. The third-order valence-corrected chi connectivity index (χ3v) is 2.81. The van der Waals surface area contributed by atoms with Crippen molar-refractivity contribution in [2.75, 3.05) is 5.73 Å². The summed E-state index contributed by atoms with van der Waals surface area (Å²) in [6.45, 7) is 7.22. The van der Waals surface area contributed by atoms with Crippen LogP contribution in [-0.4, -0.2) is 9.78 Å². The number of nitrogen functional groups attached to an aromatic ring is 1. The summed E-state index contributed by atoms with van der Waals surface area (Å²) in [5, 5.41) is 4.51. The fourth-order valence-corrected chi connectivity index (χ4v) is 2.11. The molecule has 2 rings (SSSR count). The molecule has 0 spiro atoms. The van der Waals surface area contributed by atoms with Gasteiger partial charge in [0.1, 0.15) is 0 Å². The number of nitrogens with two attached hydrogens (primary N) is 1. The summed E-state index contributed by atoms with van der Waals surface area (Å²) >= 11 is 0. The average molecular weight is 229 g/mol. The van der Waals surface area contributed by atoms with Crippen molar-refractivity contribution in [3.05, 3.63) is 35.7 Å². The summed E-state index contributed by atoms with van der Waals surface area (Å²) in [5.74, 6) is 0. The smallest absolute Gasteiger partial charge is 0.0672 e. The van der Waals surface area contributed by atoms with Gasteiger partial charge in [0.05, 0.1) is 5.69 Å². The van der Waals surface area contributed by atoms with Gasteiger partial charge in [-0.3, -0.25) is 4.68 Å². The van der Waals surface area contributed by atoms with E-state index in [1.807, 2.05) is 23.7 Å². The molecule has 17 heavy (non-hydrogen) atoms. The van der Waals surface area contributed by atoms with Crippen molar-refractivity contribution in [3.8, 4) is 11.1 Å². The molecule has 0 aliphatic carbocycles. The van der Waals surface area contributed by atoms with Crippen LogP contribution in [0.5, 0.6) is 0 Å². The molecule has 1 aromatic heterocycles. The fraction of sp³-hybridized carbons (Fsp3) is 0.357. The van der Waals surface area contributed by atoms with Crippen LogP contribution in [0.4, 0.5) is 5.69 Å². The molecule has 0 aliphatic heterocycles. The van der Waals surface area contributed by atoms with E-state index >= 15 is 0 Å². The Morgan fingerprint density at radius 3 is 2.65 bits per heavy atom. The molecular formula is C14H19N3. The molecule has 2 N–H and O–H groups in total. The maximum Gasteiger partial charge on any atom is 0.0672 e. The Kier molecular flexibility index (Phi) is 3.18. The quantitative estimate of drug-likeness (QED) is 0.822. The molecule has 2 aromatic rings. The summed E-state index contributed by atoms with van der Waals surface area (Å²) in [5.41, 5.74) is 11.3. The zero-order chi connectivity index (χ0) is 12.4. The normalized spacial score (nSPS) is 10.8. The SMILES string of the molecule is CCCn1cc(-c2cc(C)cc(N)c2)c(C)n1. The Labute approximate surface area is 102 Å². The first kappa shape index (κ1) is 11.7. The molecular weight excluding hydrogens is 210 g/mol. The van der Waals surface area contributed by atoms with Gasteiger partial charge in [-0.25, -0.2) is 0 Å². The van der Waals surface area contributed by atoms with Crippen molar-refractivity contribution in [1.82, 2.24) is 9.78 Å². The van der Waals surface area contributed by atoms with Crippen LogP contribution in [0.2, 0.25) is 0 Å². The van der Waals surface area contributed by atoms with Gasteiger partial charge >= 0.3 is 0 Å². The molecule has 0 saturated heterocycles. The molecule has 90 valence electrons. The van der Waals surface area contributed by atoms with Crippen LogP contribution in [0.1, 0.15) is 24.6 Å². The maximum absolute atomic E-state index is 5.89. The molecule has 0 aliphatic rings. The van der Waals surface area contributed by atoms with Crippen LogP contribution >= 0.6 is 0 Å². The van der Waals surface area contributed by atoms with Crippen molar-refractivity contribution in [2.24, 2.45) is 0 Å². The van der Waals surface area contributed by atoms with Gasteiger partial charge in [-0.2, -0.15) is 5.10 Å². The highest BCUT2D eigenvalue weighted by Crippen LogP contribution is 2.25. The molecule has 0 atom stereocenters. The van der Waals surface area contributed by atoms with Crippen molar-refractivity contribution >= 4 is 5.69 Å². The predicted octanol–water partition coefficient (Wildman–Crippen LogP) is 3.16. The van der Waals surface area contributed by atoms with E-state index in [4.69, 9.17) is 5.73 Å². The van der Waals surface area contributed by atoms with E-state index in [9.17, 15) is 0 Å². The molecule has 0 bridgehead atoms. The van der Waals surface area contributed by atoms with E-state index in [0.717, 1.165) is 29.9 Å². The number of benzene rings is 1. The first-order chi connectivity index (χ1) is 8.10. The lowest BCUT2D eigenvalue weighted by molar-refractivity contribution is 0.598. The van der Waals surface area contributed by atoms with Gasteiger partial charge in [-0.15, -0.1) is 0 Å². The number of aryl methyl sites for hydroxylation is 3. The number of aromatic nitrogens is 2. The number of nitrogens with zero attached hydrogens (tertiary/aromatic N) is 2. The summed E-state index contributed by atoms with van der Waals surface area (Å²) in [6.07, 6.45) is 3.20. The van der Waals surface area contributed by atoms with Crippen LogP contribution < -0.4 is 5.73 Å². The summed E-state index contributed by atoms with van der Waals surface area (Å²) in [7, 11) is 0. The second-order valence-corrected chi connectivity index (χ2v) is 4.52. The van der Waals surface area contributed by atoms with Gasteiger partial charge in [0.25, 0.3) is 0 Å². The minimum absolute atomic E-state index is 0.808. The molecule has 0 amide bonds. The highest BCUT2D eigenvalue weighted by atomic mass is 15.3. The minimum Gasteiger partial charge on any atom is -0.399 e. The van der Waals surface area contributed by atoms with E-state index in [1.165, 1.54) is 11.1 Å². The monoisotopic (exact) mass is 229 g/mol. The highest BCUT2D eigenvalue weighted by Gasteiger charge is 2.07. The number of anilines is 1. The standard InChI is InChI=1S/C14H19N3/c1-4-5-17-9-14(11(3)16-17)12-6-10(2)7-13(15)8-12/h6-9H,4-5,15H2,1-3H3. The van der Waals surface area contributed by atoms with Crippen LogP contribution in [-0.2, 0) is 6.54 Å². The van der Waals surface area contributed by atoms with Crippen LogP contribution in [0.3, 0.4) is 0 Å². The van der Waals surface area contributed by atoms with E-state index in [-0.39, 0.29) is 0 Å². The molecule has 0 fully saturated rings. The van der Waals surface area contributed by atoms with Gasteiger partial charge in [-0.05, 0) is 43.5 Å². The lowest BCUT2D eigenvalue weighted by atomic mass is 10.0. The number of hydrogen-bond donors (Lipinski definition) is 1. The van der Waals surface area contributed by atoms with Crippen molar-refractivity contribution in [3.63, 3.8) is 0 Å². The molecule has 1 aromatic carbocycles. The Balaban J connectivity index is 2.44. The van der Waals surface area contributed by atoms with Gasteiger partial charge in [0.2, 0.25) is 0 Å². The molecule has 0 radical (unpaired) electrons. The zero-order valence-corrected chi connectivity index (χ0v) is 10.7. The molecule has 3 heteroatoms. The fourth-order valence-electron chi connectivity index (χ4n) is 2.11. The third-order valence-electron chi connectivity index (χ3n) is 2.81. The second kappa shape index (κ2) is 4.62. The third kappa shape index (κ3) is 2.49. The Morgan fingerprint density at radius 1 is 1.24 bits per heavy atom. The van der Waals surface area contributed by atoms with Crippen molar-refractivity contribution in [2.45, 2.75) is 33.7 Å². The lowest BCUT2D eigenvalue weighted by Crippen LogP contribution is -1.96. The maximum atomic E-state index is 5.89. The minimum atomic E-state index is 0.808. The Hall–Kier alpha value is -1.77. The van der Waals surface area contributed by atoms with Gasteiger partial charge in [0, 0.05) is 24.0 Å². The van der Waals surface area contributed by atoms with E-state index in [0.29, 0.717) is 0 Å². The van der Waals surface area contributed by atoms with Gasteiger partial charge < -0.3 is 5.73 Å². The van der Waals surface area contributed by atoms with Crippen LogP contribution in [0.25, 0.3) is 11.1 Å². The summed E-state index contributed by atoms with van der Waals surface area (Å²) < 4.78 is 2.00. The van der Waals surface area contributed by atoms with Gasteiger partial charge in [0.15, 0.2) is 0 Å². The summed E-state index contributed by atoms with van der Waals surface area (Å²) in [4.78, 5) is 0. The zero-order valence-electron chi connectivity index (χ0n) is 10.7. The number of hydrogen-bond acceptors (Lipinski definition) is 2. The summed E-state index contributed by atoms with van der Waals surface area (Å²) in [6, 6.07) is 6.14. The molecule has 0 saturated carbocycles. The topological polar surface area (TPSA) is 43.8 Å². The van der Waals surface area contributed by atoms with Crippen molar-refractivity contribution < 1.29 is 0 Å². The van der Waals surface area contributed by atoms with Gasteiger partial charge in [-0.1, -0.05) is 13.0 Å². The molecule has 3 nitrogen and oxygen atoms in total. The van der Waals surface area contributed by atoms with E-state index in [1.54, 1.807) is 0 Å². The molecule has 0 unspecified atom stereocenters. The largest absolute Gasteiger partial charge is 0.399 e. The van der Waals surface area contributed by atoms with E-state index in [2.05, 4.69) is 31.2 Å².